The van der Waals surface area contributed by atoms with Gasteiger partial charge in [-0.15, -0.1) is 0 Å². The molecule has 7 heteroatoms. The van der Waals surface area contributed by atoms with Crippen LogP contribution in [0.1, 0.15) is 19.8 Å². The van der Waals surface area contributed by atoms with Gasteiger partial charge in [-0.3, -0.25) is 14.5 Å². The molecule has 2 heterocycles. The molecule has 2 aliphatic rings. The van der Waals surface area contributed by atoms with Crippen LogP contribution in [0.4, 0.5) is 5.69 Å². The fourth-order valence-electron chi connectivity index (χ4n) is 3.88. The fourth-order valence-corrected chi connectivity index (χ4v) is 3.88. The van der Waals surface area contributed by atoms with Gasteiger partial charge in [0, 0.05) is 38.1 Å². The van der Waals surface area contributed by atoms with Crippen molar-refractivity contribution in [2.45, 2.75) is 25.8 Å². The number of hydrogen-bond donors (Lipinski definition) is 2. The Kier molecular flexibility index (Phi) is 6.68. The Morgan fingerprint density at radius 1 is 1.22 bits per heavy atom. The van der Waals surface area contributed by atoms with Crippen LogP contribution < -0.4 is 15.4 Å². The van der Waals surface area contributed by atoms with Gasteiger partial charge in [0.15, 0.2) is 0 Å². The Morgan fingerprint density at radius 2 is 1.96 bits per heavy atom. The van der Waals surface area contributed by atoms with Gasteiger partial charge in [0.2, 0.25) is 11.8 Å². The maximum atomic E-state index is 12.7. The monoisotopic (exact) mass is 374 g/mol. The number of para-hydroxylation sites is 2. The van der Waals surface area contributed by atoms with Crippen LogP contribution in [0, 0.1) is 5.92 Å². The molecule has 7 nitrogen and oxygen atoms in total. The second-order valence-corrected chi connectivity index (χ2v) is 7.43. The van der Waals surface area contributed by atoms with E-state index in [1.54, 1.807) is 7.11 Å². The van der Waals surface area contributed by atoms with E-state index in [2.05, 4.69) is 22.5 Å². The number of carbonyl (C=O) groups excluding carboxylic acids is 2. The first-order valence-electron chi connectivity index (χ1n) is 9.74. The predicted molar refractivity (Wildman–Crippen MR) is 105 cm³/mol. The number of nitrogens with zero attached hydrogens (tertiary/aromatic N) is 2. The van der Waals surface area contributed by atoms with E-state index >= 15 is 0 Å². The van der Waals surface area contributed by atoms with Crippen LogP contribution in [-0.2, 0) is 9.59 Å². The van der Waals surface area contributed by atoms with E-state index < -0.39 is 0 Å². The van der Waals surface area contributed by atoms with E-state index in [4.69, 9.17) is 4.74 Å². The van der Waals surface area contributed by atoms with Crippen molar-refractivity contribution in [1.82, 2.24) is 15.1 Å². The van der Waals surface area contributed by atoms with Gasteiger partial charge in [0.1, 0.15) is 5.75 Å². The molecule has 2 saturated heterocycles. The molecule has 2 N–H and O–H groups in total. The standard InChI is InChI=1S/C20H30N4O3/c1-15-13-16(7-8-21-15)20(26)24-11-9-23(10-12-24)14-19(25)22-17-5-3-4-6-18(17)27-2/h3-6,15-16,21H,7-14H2,1-2H3,(H,22,25)/t15-,16-/m0/s1. The summed E-state index contributed by atoms with van der Waals surface area (Å²) < 4.78 is 5.26. The van der Waals surface area contributed by atoms with Gasteiger partial charge in [-0.1, -0.05) is 12.1 Å². The van der Waals surface area contributed by atoms with Crippen LogP contribution in [0.15, 0.2) is 24.3 Å². The number of anilines is 1. The summed E-state index contributed by atoms with van der Waals surface area (Å²) in [5.74, 6) is 1.01. The number of piperidine rings is 1. The van der Waals surface area contributed by atoms with E-state index in [1.807, 2.05) is 29.2 Å². The third-order valence-electron chi connectivity index (χ3n) is 5.41. The highest BCUT2D eigenvalue weighted by atomic mass is 16.5. The molecular weight excluding hydrogens is 344 g/mol. The molecule has 0 bridgehead atoms. The van der Waals surface area contributed by atoms with Crippen LogP contribution >= 0.6 is 0 Å². The van der Waals surface area contributed by atoms with Crippen molar-refractivity contribution in [3.63, 3.8) is 0 Å². The molecule has 2 fully saturated rings. The van der Waals surface area contributed by atoms with Crippen molar-refractivity contribution in [2.75, 3.05) is 51.7 Å². The molecule has 148 valence electrons. The smallest absolute Gasteiger partial charge is 0.238 e. The Balaban J connectivity index is 1.45. The van der Waals surface area contributed by atoms with Gasteiger partial charge in [-0.05, 0) is 38.4 Å². The summed E-state index contributed by atoms with van der Waals surface area (Å²) in [6.45, 7) is 6.22. The highest BCUT2D eigenvalue weighted by Crippen LogP contribution is 2.23. The van der Waals surface area contributed by atoms with Crippen LogP contribution in [-0.4, -0.2) is 74.0 Å². The topological polar surface area (TPSA) is 73.9 Å². The lowest BCUT2D eigenvalue weighted by molar-refractivity contribution is -0.138. The minimum atomic E-state index is -0.0635. The van der Waals surface area contributed by atoms with Crippen molar-refractivity contribution < 1.29 is 14.3 Å². The lowest BCUT2D eigenvalue weighted by Gasteiger charge is -2.37. The zero-order valence-corrected chi connectivity index (χ0v) is 16.2. The van der Waals surface area contributed by atoms with Crippen LogP contribution in [0.25, 0.3) is 0 Å². The summed E-state index contributed by atoms with van der Waals surface area (Å²) in [5.41, 5.74) is 0.679. The summed E-state index contributed by atoms with van der Waals surface area (Å²) >= 11 is 0. The molecule has 0 unspecified atom stereocenters. The molecular formula is C20H30N4O3. The summed E-state index contributed by atoms with van der Waals surface area (Å²) in [5, 5.41) is 6.30. The van der Waals surface area contributed by atoms with Gasteiger partial charge >= 0.3 is 0 Å². The molecule has 0 spiro atoms. The first kappa shape index (κ1) is 19.6. The Hall–Kier alpha value is -2.12. The molecule has 0 aliphatic carbocycles. The molecule has 1 aromatic rings. The minimum absolute atomic E-state index is 0.0635. The number of rotatable bonds is 5. The molecule has 2 amide bonds. The first-order chi connectivity index (χ1) is 13.1. The molecule has 2 aliphatic heterocycles. The average Bonchev–Trinajstić information content (AvgIpc) is 2.68. The van der Waals surface area contributed by atoms with E-state index in [1.165, 1.54) is 0 Å². The van der Waals surface area contributed by atoms with Crippen molar-refractivity contribution >= 4 is 17.5 Å². The minimum Gasteiger partial charge on any atom is -0.495 e. The van der Waals surface area contributed by atoms with Crippen molar-refractivity contribution in [2.24, 2.45) is 5.92 Å². The zero-order chi connectivity index (χ0) is 19.2. The normalized spacial score (nSPS) is 23.7. The summed E-state index contributed by atoms with van der Waals surface area (Å²) in [7, 11) is 1.59. The number of hydrogen-bond acceptors (Lipinski definition) is 5. The summed E-state index contributed by atoms with van der Waals surface area (Å²) in [6, 6.07) is 7.79. The zero-order valence-electron chi connectivity index (χ0n) is 16.2. The highest BCUT2D eigenvalue weighted by Gasteiger charge is 2.30. The third-order valence-corrected chi connectivity index (χ3v) is 5.41. The SMILES string of the molecule is COc1ccccc1NC(=O)CN1CCN(C(=O)[C@H]2CCN[C@@H](C)C2)CC1. The highest BCUT2D eigenvalue weighted by molar-refractivity contribution is 5.93. The van der Waals surface area contributed by atoms with E-state index in [-0.39, 0.29) is 17.7 Å². The lowest BCUT2D eigenvalue weighted by Crippen LogP contribution is -2.53. The van der Waals surface area contributed by atoms with Crippen LogP contribution in [0.5, 0.6) is 5.75 Å². The second kappa shape index (κ2) is 9.19. The molecule has 0 aromatic heterocycles. The number of methoxy groups -OCH3 is 1. The Labute approximate surface area is 161 Å². The maximum Gasteiger partial charge on any atom is 0.238 e. The lowest BCUT2D eigenvalue weighted by atomic mass is 9.92. The average molecular weight is 374 g/mol. The van der Waals surface area contributed by atoms with E-state index in [9.17, 15) is 9.59 Å². The van der Waals surface area contributed by atoms with Crippen molar-refractivity contribution in [3.05, 3.63) is 24.3 Å². The van der Waals surface area contributed by atoms with E-state index in [0.717, 1.165) is 32.5 Å². The number of piperazine rings is 1. The molecule has 0 radical (unpaired) electrons. The predicted octanol–water partition coefficient (Wildman–Crippen LogP) is 1.17. The Morgan fingerprint density at radius 3 is 2.67 bits per heavy atom. The molecule has 3 rings (SSSR count). The molecule has 27 heavy (non-hydrogen) atoms. The number of amides is 2. The second-order valence-electron chi connectivity index (χ2n) is 7.43. The van der Waals surface area contributed by atoms with Gasteiger partial charge in [0.25, 0.3) is 0 Å². The summed E-state index contributed by atoms with van der Waals surface area (Å²) in [4.78, 5) is 29.1. The third kappa shape index (κ3) is 5.20. The number of carbonyl (C=O) groups is 2. The number of nitrogens with one attached hydrogen (secondary N) is 2. The maximum absolute atomic E-state index is 12.7. The van der Waals surface area contributed by atoms with Crippen LogP contribution in [0.2, 0.25) is 0 Å². The number of ether oxygens (including phenoxy) is 1. The van der Waals surface area contributed by atoms with Gasteiger partial charge < -0.3 is 20.3 Å². The van der Waals surface area contributed by atoms with Gasteiger partial charge in [-0.25, -0.2) is 0 Å². The molecule has 2 atom stereocenters. The van der Waals surface area contributed by atoms with Crippen LogP contribution in [0.3, 0.4) is 0 Å². The van der Waals surface area contributed by atoms with E-state index in [0.29, 0.717) is 37.1 Å². The summed E-state index contributed by atoms with van der Waals surface area (Å²) in [6.07, 6.45) is 1.84. The largest absolute Gasteiger partial charge is 0.495 e. The fraction of sp³-hybridized carbons (Fsp3) is 0.600. The molecule has 0 saturated carbocycles. The van der Waals surface area contributed by atoms with Gasteiger partial charge in [-0.2, -0.15) is 0 Å². The number of benzene rings is 1. The molecule has 1 aromatic carbocycles. The first-order valence-corrected chi connectivity index (χ1v) is 9.74. The van der Waals surface area contributed by atoms with Gasteiger partial charge in [0.05, 0.1) is 19.3 Å². The Bertz CT molecular complexity index is 658. The van der Waals surface area contributed by atoms with Crippen molar-refractivity contribution in [1.29, 1.82) is 0 Å². The van der Waals surface area contributed by atoms with Crippen molar-refractivity contribution in [3.8, 4) is 5.75 Å². The quantitative estimate of drug-likeness (QED) is 0.809.